The van der Waals surface area contributed by atoms with Gasteiger partial charge in [0.2, 0.25) is 0 Å². The van der Waals surface area contributed by atoms with Crippen molar-refractivity contribution in [3.63, 3.8) is 0 Å². The Labute approximate surface area is 196 Å². The van der Waals surface area contributed by atoms with Crippen LogP contribution < -0.4 is 5.32 Å². The Balaban J connectivity index is 1.57. The minimum atomic E-state index is -0.608. The van der Waals surface area contributed by atoms with Crippen molar-refractivity contribution in [1.29, 1.82) is 0 Å². The summed E-state index contributed by atoms with van der Waals surface area (Å²) in [6.07, 6.45) is 6.58. The number of hydrogen-bond acceptors (Lipinski definition) is 9. The van der Waals surface area contributed by atoms with Gasteiger partial charge in [0.1, 0.15) is 22.4 Å². The molecule has 3 aromatic rings. The molecule has 1 saturated heterocycles. The van der Waals surface area contributed by atoms with Crippen LogP contribution in [-0.4, -0.2) is 50.2 Å². The van der Waals surface area contributed by atoms with Crippen molar-refractivity contribution in [2.45, 2.75) is 63.3 Å². The molecule has 0 amide bonds. The maximum Gasteiger partial charge on any atom is 0.189 e. The van der Waals surface area contributed by atoms with Crippen LogP contribution in [0.15, 0.2) is 30.1 Å². The van der Waals surface area contributed by atoms with Gasteiger partial charge in [-0.1, -0.05) is 17.8 Å². The van der Waals surface area contributed by atoms with Gasteiger partial charge in [-0.15, -0.1) is 17.9 Å². The van der Waals surface area contributed by atoms with Crippen LogP contribution in [0.3, 0.4) is 0 Å². The second kappa shape index (κ2) is 8.06. The Morgan fingerprint density at radius 2 is 1.97 bits per heavy atom. The molecule has 0 bridgehead atoms. The number of anilines is 1. The van der Waals surface area contributed by atoms with Gasteiger partial charge >= 0.3 is 0 Å². The highest BCUT2D eigenvalue weighted by Gasteiger charge is 2.53. The fourth-order valence-electron chi connectivity index (χ4n) is 4.66. The van der Waals surface area contributed by atoms with Crippen molar-refractivity contribution in [3.8, 4) is 10.6 Å². The van der Waals surface area contributed by atoms with Crippen LogP contribution in [0.5, 0.6) is 0 Å². The summed E-state index contributed by atoms with van der Waals surface area (Å²) in [5, 5.41) is 5.31. The molecule has 4 atom stereocenters. The lowest BCUT2D eigenvalue weighted by atomic mass is 10.1. The average Bonchev–Trinajstić information content (AvgIpc) is 3.39. The van der Waals surface area contributed by atoms with Crippen molar-refractivity contribution in [1.82, 2.24) is 19.9 Å². The average molecular weight is 470 g/mol. The van der Waals surface area contributed by atoms with Gasteiger partial charge in [0.25, 0.3) is 0 Å². The van der Waals surface area contributed by atoms with Gasteiger partial charge in [-0.25, -0.2) is 15.0 Å². The second-order valence-corrected chi connectivity index (χ2v) is 10.5. The molecule has 32 heavy (non-hydrogen) atoms. The van der Waals surface area contributed by atoms with Crippen LogP contribution in [0.1, 0.15) is 31.7 Å². The third-order valence-corrected chi connectivity index (χ3v) is 7.67. The molecule has 1 aliphatic heterocycles. The largest absolute Gasteiger partial charge is 0.364 e. The van der Waals surface area contributed by atoms with E-state index in [-0.39, 0.29) is 24.2 Å². The summed E-state index contributed by atoms with van der Waals surface area (Å²) >= 11 is 3.17. The highest BCUT2D eigenvalue weighted by Crippen LogP contribution is 2.44. The van der Waals surface area contributed by atoms with E-state index in [4.69, 9.17) is 24.4 Å². The molecule has 4 heterocycles. The Bertz CT molecular complexity index is 1190. The molecular formula is C23H27N5O2S2. The van der Waals surface area contributed by atoms with Gasteiger partial charge in [0, 0.05) is 12.1 Å². The van der Waals surface area contributed by atoms with E-state index >= 15 is 0 Å². The molecule has 0 spiro atoms. The van der Waals surface area contributed by atoms with Crippen molar-refractivity contribution in [2.75, 3.05) is 11.6 Å². The van der Waals surface area contributed by atoms with E-state index < -0.39 is 5.79 Å². The molecule has 7 nitrogen and oxygen atoms in total. The van der Waals surface area contributed by atoms with Crippen LogP contribution in [0, 0.1) is 19.8 Å². The van der Waals surface area contributed by atoms with Gasteiger partial charge in [-0.2, -0.15) is 0 Å². The molecule has 2 aliphatic rings. The SMILES string of the molecule is C=C[C@H]1C[C@@H](Nc2nc(SC)nc(C)c2-c2nc3c(C)nccc3s2)[C@@H]2OC(C)(C)O[C@@H]21. The molecule has 168 valence electrons. The fourth-order valence-corrected chi connectivity index (χ4v) is 6.18. The standard InChI is InChI=1S/C23H27N5O2S2/c1-7-13-10-14(19-18(13)29-23(4,5)30-19)26-20-16(11(2)25-22(28-20)31-6)21-27-17-12(3)24-9-8-15(17)32-21/h7-9,13-14,18-19H,1,10H2,2-6H3,(H,25,26,28)/t13-,14+,18+,19-/m0/s1. The molecule has 2 fully saturated rings. The highest BCUT2D eigenvalue weighted by atomic mass is 32.2. The normalized spacial score (nSPS) is 26.4. The van der Waals surface area contributed by atoms with E-state index in [1.165, 1.54) is 11.8 Å². The number of fused-ring (bicyclic) bond motifs is 2. The summed E-state index contributed by atoms with van der Waals surface area (Å²) < 4.78 is 13.6. The number of thioether (sulfide) groups is 1. The van der Waals surface area contributed by atoms with E-state index in [0.717, 1.165) is 49.6 Å². The summed E-state index contributed by atoms with van der Waals surface area (Å²) in [5.74, 6) is 0.402. The van der Waals surface area contributed by atoms with E-state index in [2.05, 4.69) is 16.9 Å². The van der Waals surface area contributed by atoms with Crippen LogP contribution in [0.25, 0.3) is 20.8 Å². The van der Waals surface area contributed by atoms with Crippen molar-refractivity contribution in [3.05, 3.63) is 36.3 Å². The zero-order valence-electron chi connectivity index (χ0n) is 18.9. The predicted octanol–water partition coefficient (Wildman–Crippen LogP) is 4.99. The number of thiazole rings is 1. The summed E-state index contributed by atoms with van der Waals surface area (Å²) in [6.45, 7) is 12.0. The van der Waals surface area contributed by atoms with Gasteiger partial charge in [-0.05, 0) is 46.4 Å². The number of nitrogens with one attached hydrogen (secondary N) is 1. The number of aromatic nitrogens is 4. The highest BCUT2D eigenvalue weighted by molar-refractivity contribution is 7.98. The number of pyridine rings is 1. The van der Waals surface area contributed by atoms with E-state index in [0.29, 0.717) is 0 Å². The van der Waals surface area contributed by atoms with E-state index in [9.17, 15) is 0 Å². The summed E-state index contributed by atoms with van der Waals surface area (Å²) in [6, 6.07) is 2.05. The van der Waals surface area contributed by atoms with E-state index in [1.54, 1.807) is 11.3 Å². The van der Waals surface area contributed by atoms with Crippen LogP contribution in [-0.2, 0) is 9.47 Å². The lowest BCUT2D eigenvalue weighted by Crippen LogP contribution is -2.35. The topological polar surface area (TPSA) is 82.1 Å². The smallest absolute Gasteiger partial charge is 0.189 e. The number of rotatable bonds is 5. The molecule has 1 N–H and O–H groups in total. The van der Waals surface area contributed by atoms with Gasteiger partial charge in [0.15, 0.2) is 10.9 Å². The van der Waals surface area contributed by atoms with E-state index in [1.807, 2.05) is 52.3 Å². The monoisotopic (exact) mass is 469 g/mol. The van der Waals surface area contributed by atoms with Crippen LogP contribution in [0.4, 0.5) is 5.82 Å². The first-order valence-electron chi connectivity index (χ1n) is 10.7. The lowest BCUT2D eigenvalue weighted by Gasteiger charge is -2.24. The minimum absolute atomic E-state index is 0.0115. The summed E-state index contributed by atoms with van der Waals surface area (Å²) in [5.41, 5.74) is 3.68. The summed E-state index contributed by atoms with van der Waals surface area (Å²) in [7, 11) is 0. The number of ether oxygens (including phenoxy) is 2. The number of hydrogen-bond donors (Lipinski definition) is 1. The first-order valence-corrected chi connectivity index (χ1v) is 12.7. The Hall–Kier alpha value is -2.07. The first-order chi connectivity index (χ1) is 15.3. The van der Waals surface area contributed by atoms with Crippen LogP contribution in [0.2, 0.25) is 0 Å². The fraction of sp³-hybridized carbons (Fsp3) is 0.478. The van der Waals surface area contributed by atoms with Gasteiger partial charge in [0.05, 0.1) is 33.8 Å². The number of nitrogens with zero attached hydrogens (tertiary/aromatic N) is 4. The Morgan fingerprint density at radius 3 is 2.69 bits per heavy atom. The molecule has 1 aliphatic carbocycles. The molecule has 5 rings (SSSR count). The molecule has 9 heteroatoms. The van der Waals surface area contributed by atoms with Crippen molar-refractivity contribution in [2.24, 2.45) is 5.92 Å². The Kier molecular flexibility index (Phi) is 5.48. The zero-order chi connectivity index (χ0) is 22.6. The molecule has 0 aromatic carbocycles. The van der Waals surface area contributed by atoms with Gasteiger partial charge < -0.3 is 14.8 Å². The maximum absolute atomic E-state index is 6.28. The predicted molar refractivity (Wildman–Crippen MR) is 129 cm³/mol. The zero-order valence-corrected chi connectivity index (χ0v) is 20.5. The molecule has 0 radical (unpaired) electrons. The second-order valence-electron chi connectivity index (χ2n) is 8.73. The first kappa shape index (κ1) is 21.8. The third kappa shape index (κ3) is 3.71. The minimum Gasteiger partial charge on any atom is -0.364 e. The third-order valence-electron chi connectivity index (χ3n) is 6.09. The quantitative estimate of drug-likeness (QED) is 0.318. The lowest BCUT2D eigenvalue weighted by molar-refractivity contribution is -0.155. The van der Waals surface area contributed by atoms with Crippen molar-refractivity contribution < 1.29 is 9.47 Å². The maximum atomic E-state index is 6.28. The van der Waals surface area contributed by atoms with Crippen LogP contribution >= 0.6 is 23.1 Å². The Morgan fingerprint density at radius 1 is 1.19 bits per heavy atom. The number of aryl methyl sites for hydroxylation is 2. The molecule has 1 saturated carbocycles. The molecular weight excluding hydrogens is 442 g/mol. The van der Waals surface area contributed by atoms with Crippen molar-refractivity contribution >= 4 is 39.1 Å². The summed E-state index contributed by atoms with van der Waals surface area (Å²) in [4.78, 5) is 18.9. The molecule has 3 aromatic heterocycles. The van der Waals surface area contributed by atoms with Gasteiger partial charge in [-0.3, -0.25) is 4.98 Å². The molecule has 0 unspecified atom stereocenters.